The van der Waals surface area contributed by atoms with Gasteiger partial charge in [-0.15, -0.1) is 0 Å². The maximum Gasteiger partial charge on any atom is 0.252 e. The summed E-state index contributed by atoms with van der Waals surface area (Å²) in [6, 6.07) is 4.43. The molecule has 0 aromatic carbocycles. The molecule has 19 heavy (non-hydrogen) atoms. The molecule has 1 saturated heterocycles. The SMILES string of the molecule is CC(=O)N1CCCC(CNC(=O)c2[c]cncc2)C1. The number of aromatic nitrogens is 1. The number of rotatable bonds is 3. The van der Waals surface area contributed by atoms with Crippen LogP contribution in [0.1, 0.15) is 30.1 Å². The van der Waals surface area contributed by atoms with Crippen LogP contribution in [0.25, 0.3) is 0 Å². The Hall–Kier alpha value is -1.91. The predicted molar refractivity (Wildman–Crippen MR) is 70.4 cm³/mol. The van der Waals surface area contributed by atoms with E-state index in [0.717, 1.165) is 25.9 Å². The lowest BCUT2D eigenvalue weighted by atomic mass is 9.98. The summed E-state index contributed by atoms with van der Waals surface area (Å²) in [6.07, 6.45) is 5.10. The molecule has 1 aromatic rings. The molecule has 101 valence electrons. The number of nitrogens with zero attached hydrogens (tertiary/aromatic N) is 2. The molecule has 0 aliphatic carbocycles. The smallest absolute Gasteiger partial charge is 0.252 e. The van der Waals surface area contributed by atoms with Crippen molar-refractivity contribution in [3.63, 3.8) is 0 Å². The quantitative estimate of drug-likeness (QED) is 0.877. The van der Waals surface area contributed by atoms with Gasteiger partial charge in [-0.3, -0.25) is 14.6 Å². The van der Waals surface area contributed by atoms with Crippen molar-refractivity contribution in [1.82, 2.24) is 15.2 Å². The first-order valence-corrected chi connectivity index (χ1v) is 6.52. The number of hydrogen-bond acceptors (Lipinski definition) is 3. The largest absolute Gasteiger partial charge is 0.352 e. The second-order valence-corrected chi connectivity index (χ2v) is 4.84. The van der Waals surface area contributed by atoms with E-state index in [1.807, 2.05) is 4.90 Å². The van der Waals surface area contributed by atoms with Gasteiger partial charge in [-0.05, 0) is 24.8 Å². The van der Waals surface area contributed by atoms with Gasteiger partial charge in [0.2, 0.25) is 5.91 Å². The molecule has 1 unspecified atom stereocenters. The minimum atomic E-state index is -0.137. The molecule has 2 rings (SSSR count). The maximum absolute atomic E-state index is 11.9. The van der Waals surface area contributed by atoms with Crippen LogP contribution in [0, 0.1) is 12.0 Å². The van der Waals surface area contributed by atoms with E-state index in [0.29, 0.717) is 18.0 Å². The van der Waals surface area contributed by atoms with Crippen LogP contribution in [-0.4, -0.2) is 41.3 Å². The van der Waals surface area contributed by atoms with Gasteiger partial charge in [0.25, 0.3) is 5.91 Å². The molecule has 1 radical (unpaired) electrons. The molecule has 1 aliphatic heterocycles. The van der Waals surface area contributed by atoms with Gasteiger partial charge < -0.3 is 10.2 Å². The summed E-state index contributed by atoms with van der Waals surface area (Å²) in [6.45, 7) is 3.75. The fourth-order valence-electron chi connectivity index (χ4n) is 2.31. The van der Waals surface area contributed by atoms with E-state index in [1.54, 1.807) is 19.2 Å². The van der Waals surface area contributed by atoms with Crippen molar-refractivity contribution in [2.24, 2.45) is 5.92 Å². The van der Waals surface area contributed by atoms with Crippen LogP contribution in [0.3, 0.4) is 0 Å². The molecular formula is C14H18N3O2. The van der Waals surface area contributed by atoms with Crippen LogP contribution in [0.4, 0.5) is 0 Å². The van der Waals surface area contributed by atoms with Crippen molar-refractivity contribution < 1.29 is 9.59 Å². The van der Waals surface area contributed by atoms with Crippen LogP contribution < -0.4 is 5.32 Å². The monoisotopic (exact) mass is 260 g/mol. The van der Waals surface area contributed by atoms with E-state index in [-0.39, 0.29) is 11.8 Å². The molecule has 2 heterocycles. The van der Waals surface area contributed by atoms with Crippen LogP contribution in [0.5, 0.6) is 0 Å². The third kappa shape index (κ3) is 3.77. The fourth-order valence-corrected chi connectivity index (χ4v) is 2.31. The highest BCUT2D eigenvalue weighted by Gasteiger charge is 2.21. The first-order valence-electron chi connectivity index (χ1n) is 6.52. The predicted octanol–water partition coefficient (Wildman–Crippen LogP) is 0.870. The topological polar surface area (TPSA) is 62.3 Å². The fraction of sp³-hybridized carbons (Fsp3) is 0.500. The Morgan fingerprint density at radius 3 is 3.11 bits per heavy atom. The number of amides is 2. The number of nitrogens with one attached hydrogen (secondary N) is 1. The summed E-state index contributed by atoms with van der Waals surface area (Å²) >= 11 is 0. The van der Waals surface area contributed by atoms with E-state index < -0.39 is 0 Å². The van der Waals surface area contributed by atoms with Crippen molar-refractivity contribution in [2.75, 3.05) is 19.6 Å². The average Bonchev–Trinajstić information content (AvgIpc) is 2.46. The highest BCUT2D eigenvalue weighted by atomic mass is 16.2. The minimum Gasteiger partial charge on any atom is -0.352 e. The highest BCUT2D eigenvalue weighted by Crippen LogP contribution is 2.15. The number of likely N-dealkylation sites (tertiary alicyclic amines) is 1. The van der Waals surface area contributed by atoms with E-state index in [1.165, 1.54) is 6.20 Å². The summed E-state index contributed by atoms with van der Waals surface area (Å²) < 4.78 is 0. The average molecular weight is 260 g/mol. The molecule has 0 spiro atoms. The van der Waals surface area contributed by atoms with Crippen molar-refractivity contribution in [3.05, 3.63) is 30.1 Å². The maximum atomic E-state index is 11.9. The van der Waals surface area contributed by atoms with Crippen molar-refractivity contribution in [2.45, 2.75) is 19.8 Å². The lowest BCUT2D eigenvalue weighted by Gasteiger charge is -2.32. The molecule has 1 N–H and O–H groups in total. The molecule has 5 nitrogen and oxygen atoms in total. The van der Waals surface area contributed by atoms with Gasteiger partial charge in [-0.2, -0.15) is 0 Å². The summed E-state index contributed by atoms with van der Waals surface area (Å²) in [4.78, 5) is 28.9. The van der Waals surface area contributed by atoms with E-state index in [4.69, 9.17) is 0 Å². The third-order valence-electron chi connectivity index (χ3n) is 3.38. The number of carbonyl (C=O) groups is 2. The van der Waals surface area contributed by atoms with E-state index in [9.17, 15) is 9.59 Å². The molecule has 1 aliphatic rings. The van der Waals surface area contributed by atoms with Crippen molar-refractivity contribution in [1.29, 1.82) is 0 Å². The normalized spacial score (nSPS) is 19.0. The van der Waals surface area contributed by atoms with Crippen LogP contribution in [-0.2, 0) is 4.79 Å². The van der Waals surface area contributed by atoms with Gasteiger partial charge in [0.15, 0.2) is 0 Å². The minimum absolute atomic E-state index is 0.110. The summed E-state index contributed by atoms with van der Waals surface area (Å²) in [5, 5.41) is 2.89. The second-order valence-electron chi connectivity index (χ2n) is 4.84. The number of piperidine rings is 1. The number of pyridine rings is 1. The molecule has 1 aromatic heterocycles. The zero-order valence-electron chi connectivity index (χ0n) is 11.1. The van der Waals surface area contributed by atoms with Gasteiger partial charge in [0.1, 0.15) is 0 Å². The van der Waals surface area contributed by atoms with Gasteiger partial charge in [0, 0.05) is 45.0 Å². The first kappa shape index (κ1) is 13.5. The second kappa shape index (κ2) is 6.31. The zero-order chi connectivity index (χ0) is 13.7. The summed E-state index contributed by atoms with van der Waals surface area (Å²) in [5.41, 5.74) is 0.495. The van der Waals surface area contributed by atoms with Gasteiger partial charge in [-0.25, -0.2) is 0 Å². The molecule has 0 bridgehead atoms. The van der Waals surface area contributed by atoms with Gasteiger partial charge in [-0.1, -0.05) is 0 Å². The lowest BCUT2D eigenvalue weighted by Crippen LogP contribution is -2.42. The van der Waals surface area contributed by atoms with Crippen LogP contribution in [0.15, 0.2) is 18.5 Å². The molecule has 1 atom stereocenters. The molecular weight excluding hydrogens is 242 g/mol. The summed E-state index contributed by atoms with van der Waals surface area (Å²) in [5.74, 6) is 0.310. The standard InChI is InChI=1S/C14H18N3O2/c1-11(18)17-8-2-3-12(10-17)9-16-14(19)13-4-6-15-7-5-13/h4,6-7,12H,2-3,8-10H2,1H3,(H,16,19). The number of hydrogen-bond donors (Lipinski definition) is 1. The summed E-state index contributed by atoms with van der Waals surface area (Å²) in [7, 11) is 0. The zero-order valence-corrected chi connectivity index (χ0v) is 11.1. The Morgan fingerprint density at radius 2 is 2.42 bits per heavy atom. The van der Waals surface area contributed by atoms with E-state index in [2.05, 4.69) is 16.4 Å². The lowest BCUT2D eigenvalue weighted by molar-refractivity contribution is -0.130. The number of carbonyl (C=O) groups excluding carboxylic acids is 2. The van der Waals surface area contributed by atoms with Crippen LogP contribution >= 0.6 is 0 Å². The van der Waals surface area contributed by atoms with Crippen LogP contribution in [0.2, 0.25) is 0 Å². The Kier molecular flexibility index (Phi) is 4.49. The van der Waals surface area contributed by atoms with Crippen molar-refractivity contribution >= 4 is 11.8 Å². The van der Waals surface area contributed by atoms with Gasteiger partial charge in [0.05, 0.1) is 5.56 Å². The highest BCUT2D eigenvalue weighted by molar-refractivity contribution is 5.93. The Balaban J connectivity index is 1.82. The molecule has 1 fully saturated rings. The van der Waals surface area contributed by atoms with Gasteiger partial charge >= 0.3 is 0 Å². The van der Waals surface area contributed by atoms with E-state index >= 15 is 0 Å². The Bertz CT molecular complexity index is 447. The molecule has 5 heteroatoms. The molecule has 0 saturated carbocycles. The third-order valence-corrected chi connectivity index (χ3v) is 3.38. The first-order chi connectivity index (χ1) is 9.16. The Morgan fingerprint density at radius 1 is 1.58 bits per heavy atom. The Labute approximate surface area is 113 Å². The molecule has 2 amide bonds. The van der Waals surface area contributed by atoms with Crippen molar-refractivity contribution in [3.8, 4) is 0 Å².